The topological polar surface area (TPSA) is 76.9 Å². The van der Waals surface area contributed by atoms with Crippen LogP contribution in [0.25, 0.3) is 11.0 Å². The molecule has 8 nitrogen and oxygen atoms in total. The lowest BCUT2D eigenvalue weighted by atomic mass is 10.3. The van der Waals surface area contributed by atoms with E-state index in [9.17, 15) is 8.42 Å². The summed E-state index contributed by atoms with van der Waals surface area (Å²) in [5.74, 6) is 1.63. The summed E-state index contributed by atoms with van der Waals surface area (Å²) in [6.07, 6.45) is 0. The minimum absolute atomic E-state index is 0.121. The van der Waals surface area contributed by atoms with Gasteiger partial charge in [-0.2, -0.15) is 4.31 Å². The zero-order chi connectivity index (χ0) is 20.6. The molecule has 0 aliphatic carbocycles. The fraction of sp³-hybridized carbons (Fsp3) is 0.350. The number of nitrogens with zero attached hydrogens (tertiary/aromatic N) is 4. The molecule has 3 aromatic rings. The fourth-order valence-electron chi connectivity index (χ4n) is 3.67. The second-order valence-corrected chi connectivity index (χ2v) is 8.77. The zero-order valence-electron chi connectivity index (χ0n) is 16.7. The Balaban J connectivity index is 1.57. The molecule has 0 N–H and O–H groups in total. The molecule has 0 radical (unpaired) electrons. The van der Waals surface area contributed by atoms with E-state index in [1.807, 2.05) is 35.9 Å². The Hall–Kier alpha value is -2.78. The highest BCUT2D eigenvalue weighted by atomic mass is 32.2. The third-order valence-corrected chi connectivity index (χ3v) is 7.19. The smallest absolute Gasteiger partial charge is 0.247 e. The fourth-order valence-corrected chi connectivity index (χ4v) is 5.26. The minimum Gasteiger partial charge on any atom is -0.497 e. The Morgan fingerprint density at radius 3 is 2.34 bits per heavy atom. The van der Waals surface area contributed by atoms with Crippen LogP contribution < -0.4 is 14.4 Å². The van der Waals surface area contributed by atoms with Crippen LogP contribution in [0.15, 0.2) is 47.4 Å². The van der Waals surface area contributed by atoms with Crippen LogP contribution in [0.4, 0.5) is 5.95 Å². The predicted octanol–water partition coefficient (Wildman–Crippen LogP) is 2.10. The van der Waals surface area contributed by atoms with Crippen LogP contribution in [-0.2, 0) is 17.1 Å². The van der Waals surface area contributed by atoms with Crippen molar-refractivity contribution in [3.63, 3.8) is 0 Å². The summed E-state index contributed by atoms with van der Waals surface area (Å²) in [5.41, 5.74) is 1.99. The lowest BCUT2D eigenvalue weighted by Crippen LogP contribution is -2.49. The number of imidazole rings is 1. The third-order valence-electron chi connectivity index (χ3n) is 5.27. The number of fused-ring (bicyclic) bond motifs is 1. The van der Waals surface area contributed by atoms with Gasteiger partial charge in [0, 0.05) is 39.3 Å². The number of benzene rings is 2. The Morgan fingerprint density at radius 2 is 1.69 bits per heavy atom. The quantitative estimate of drug-likeness (QED) is 0.634. The van der Waals surface area contributed by atoms with Gasteiger partial charge in [0.25, 0.3) is 0 Å². The van der Waals surface area contributed by atoms with E-state index in [4.69, 9.17) is 14.5 Å². The van der Waals surface area contributed by atoms with Crippen molar-refractivity contribution in [2.45, 2.75) is 4.90 Å². The number of rotatable bonds is 5. The molecule has 0 amide bonds. The number of para-hydroxylation sites is 2. The Bertz CT molecular complexity index is 1130. The lowest BCUT2D eigenvalue weighted by molar-refractivity contribution is 0.369. The summed E-state index contributed by atoms with van der Waals surface area (Å²) in [7, 11) is 1.25. The molecule has 1 saturated heterocycles. The first-order valence-electron chi connectivity index (χ1n) is 9.34. The number of sulfonamides is 1. The first-order valence-corrected chi connectivity index (χ1v) is 10.8. The molecule has 0 atom stereocenters. The molecule has 1 fully saturated rings. The standard InChI is InChI=1S/C20H24N4O4S/c1-22-17-7-5-4-6-16(17)21-20(22)23-10-12-24(13-11-23)29(25,26)19-14-15(27-2)8-9-18(19)28-3/h4-9,14H,10-13H2,1-3H3. The number of piperazine rings is 1. The van der Waals surface area contributed by atoms with Crippen molar-refractivity contribution in [2.24, 2.45) is 7.05 Å². The summed E-state index contributed by atoms with van der Waals surface area (Å²) in [5, 5.41) is 0. The van der Waals surface area contributed by atoms with Crippen LogP contribution in [0, 0.1) is 0 Å². The monoisotopic (exact) mass is 416 g/mol. The van der Waals surface area contributed by atoms with Crippen LogP contribution >= 0.6 is 0 Å². The van der Waals surface area contributed by atoms with Crippen molar-refractivity contribution in [1.82, 2.24) is 13.9 Å². The second-order valence-electron chi connectivity index (χ2n) is 6.87. The van der Waals surface area contributed by atoms with E-state index in [2.05, 4.69) is 4.90 Å². The van der Waals surface area contributed by atoms with E-state index in [1.54, 1.807) is 12.1 Å². The van der Waals surface area contributed by atoms with Gasteiger partial charge in [-0.1, -0.05) is 12.1 Å². The number of anilines is 1. The maximum atomic E-state index is 13.2. The number of aryl methyl sites for hydroxylation is 1. The summed E-state index contributed by atoms with van der Waals surface area (Å²) in [6, 6.07) is 12.8. The molecule has 0 saturated carbocycles. The lowest BCUT2D eigenvalue weighted by Gasteiger charge is -2.34. The van der Waals surface area contributed by atoms with Gasteiger partial charge < -0.3 is 18.9 Å². The summed E-state index contributed by atoms with van der Waals surface area (Å²) in [4.78, 5) is 6.96. The van der Waals surface area contributed by atoms with Gasteiger partial charge in [0.1, 0.15) is 16.4 Å². The van der Waals surface area contributed by atoms with Crippen molar-refractivity contribution in [1.29, 1.82) is 0 Å². The van der Waals surface area contributed by atoms with Gasteiger partial charge in [-0.25, -0.2) is 13.4 Å². The van der Waals surface area contributed by atoms with E-state index in [0.29, 0.717) is 37.7 Å². The van der Waals surface area contributed by atoms with Crippen molar-refractivity contribution in [3.8, 4) is 11.5 Å². The largest absolute Gasteiger partial charge is 0.497 e. The van der Waals surface area contributed by atoms with Crippen LogP contribution in [0.1, 0.15) is 0 Å². The molecular formula is C20H24N4O4S. The maximum Gasteiger partial charge on any atom is 0.247 e. The van der Waals surface area contributed by atoms with Crippen LogP contribution in [-0.4, -0.2) is 62.7 Å². The Morgan fingerprint density at radius 1 is 0.966 bits per heavy atom. The number of aromatic nitrogens is 2. The molecule has 1 aliphatic heterocycles. The molecule has 1 aliphatic rings. The van der Waals surface area contributed by atoms with E-state index in [-0.39, 0.29) is 4.90 Å². The second kappa shape index (κ2) is 7.57. The number of hydrogen-bond acceptors (Lipinski definition) is 6. The minimum atomic E-state index is -3.70. The normalized spacial score (nSPS) is 15.6. The van der Waals surface area contributed by atoms with E-state index in [0.717, 1.165) is 17.0 Å². The molecule has 9 heteroatoms. The molecule has 0 bridgehead atoms. The van der Waals surface area contributed by atoms with E-state index in [1.165, 1.54) is 24.6 Å². The van der Waals surface area contributed by atoms with E-state index >= 15 is 0 Å². The van der Waals surface area contributed by atoms with Crippen LogP contribution in [0.5, 0.6) is 11.5 Å². The average molecular weight is 417 g/mol. The van der Waals surface area contributed by atoms with Crippen molar-refractivity contribution in [2.75, 3.05) is 45.3 Å². The third kappa shape index (κ3) is 3.40. The van der Waals surface area contributed by atoms with Crippen molar-refractivity contribution < 1.29 is 17.9 Å². The number of methoxy groups -OCH3 is 2. The zero-order valence-corrected chi connectivity index (χ0v) is 17.5. The van der Waals surface area contributed by atoms with Gasteiger partial charge in [-0.05, 0) is 24.3 Å². The first kappa shape index (κ1) is 19.5. The molecule has 29 heavy (non-hydrogen) atoms. The molecule has 2 aromatic carbocycles. The summed E-state index contributed by atoms with van der Waals surface area (Å²) in [6.45, 7) is 1.85. The van der Waals surface area contributed by atoms with Crippen LogP contribution in [0.2, 0.25) is 0 Å². The van der Waals surface area contributed by atoms with Gasteiger partial charge in [0.2, 0.25) is 16.0 Å². The molecule has 0 spiro atoms. The maximum absolute atomic E-state index is 13.2. The van der Waals surface area contributed by atoms with E-state index < -0.39 is 10.0 Å². The molecule has 4 rings (SSSR count). The molecule has 2 heterocycles. The van der Waals surface area contributed by atoms with Gasteiger partial charge in [0.05, 0.1) is 25.3 Å². The predicted molar refractivity (Wildman–Crippen MR) is 111 cm³/mol. The highest BCUT2D eigenvalue weighted by Crippen LogP contribution is 2.31. The SMILES string of the molecule is COc1ccc(OC)c(S(=O)(=O)N2CCN(c3nc4ccccc4n3C)CC2)c1. The van der Waals surface area contributed by atoms with Crippen LogP contribution in [0.3, 0.4) is 0 Å². The summed E-state index contributed by atoms with van der Waals surface area (Å²) < 4.78 is 40.5. The van der Waals surface area contributed by atoms with Gasteiger partial charge in [-0.15, -0.1) is 0 Å². The Labute approximate surface area is 170 Å². The highest BCUT2D eigenvalue weighted by Gasteiger charge is 2.32. The first-order chi connectivity index (χ1) is 14.0. The van der Waals surface area contributed by atoms with Crippen molar-refractivity contribution in [3.05, 3.63) is 42.5 Å². The number of hydrogen-bond donors (Lipinski definition) is 0. The molecular weight excluding hydrogens is 392 g/mol. The average Bonchev–Trinajstić information content (AvgIpc) is 3.10. The summed E-state index contributed by atoms with van der Waals surface area (Å²) >= 11 is 0. The molecule has 154 valence electrons. The Kier molecular flexibility index (Phi) is 5.10. The highest BCUT2D eigenvalue weighted by molar-refractivity contribution is 7.89. The van der Waals surface area contributed by atoms with Gasteiger partial charge in [-0.3, -0.25) is 0 Å². The molecule has 0 unspecified atom stereocenters. The van der Waals surface area contributed by atoms with Crippen molar-refractivity contribution >= 4 is 27.0 Å². The number of ether oxygens (including phenoxy) is 2. The van der Waals surface area contributed by atoms with Gasteiger partial charge in [0.15, 0.2) is 0 Å². The van der Waals surface area contributed by atoms with Gasteiger partial charge >= 0.3 is 0 Å². The molecule has 1 aromatic heterocycles.